The highest BCUT2D eigenvalue weighted by Gasteiger charge is 2.31. The Balaban J connectivity index is 3.28. The van der Waals surface area contributed by atoms with Crippen LogP contribution in [0.4, 0.5) is 0 Å². The molecule has 0 aromatic heterocycles. The van der Waals surface area contributed by atoms with Gasteiger partial charge in [0, 0.05) is 0 Å². The first kappa shape index (κ1) is 20.3. The van der Waals surface area contributed by atoms with Gasteiger partial charge in [0.15, 0.2) is 0 Å². The molecule has 0 aliphatic heterocycles. The predicted molar refractivity (Wildman–Crippen MR) is 105 cm³/mol. The molecule has 0 aliphatic rings. The summed E-state index contributed by atoms with van der Waals surface area (Å²) in [4.78, 5) is 0. The van der Waals surface area contributed by atoms with E-state index in [9.17, 15) is 0 Å². The lowest BCUT2D eigenvalue weighted by Crippen LogP contribution is -2.28. The predicted octanol–water partition coefficient (Wildman–Crippen LogP) is 7.30. The third kappa shape index (κ3) is 6.32. The molecule has 0 unspecified atom stereocenters. The molecule has 0 heteroatoms. The monoisotopic (exact) mass is 315 g/mol. The van der Waals surface area contributed by atoms with Crippen molar-refractivity contribution in [2.75, 3.05) is 0 Å². The van der Waals surface area contributed by atoms with E-state index in [0.29, 0.717) is 10.8 Å². The van der Waals surface area contributed by atoms with Crippen molar-refractivity contribution in [3.8, 4) is 0 Å². The van der Waals surface area contributed by atoms with Gasteiger partial charge >= 0.3 is 0 Å². The van der Waals surface area contributed by atoms with E-state index in [4.69, 9.17) is 0 Å². The van der Waals surface area contributed by atoms with Gasteiger partial charge in [-0.3, -0.25) is 0 Å². The molecule has 0 saturated carbocycles. The third-order valence-corrected chi connectivity index (χ3v) is 4.50. The van der Waals surface area contributed by atoms with Crippen LogP contribution in [0, 0.1) is 17.8 Å². The second-order valence-electron chi connectivity index (χ2n) is 11.2. The Morgan fingerprint density at radius 3 is 1.17 bits per heavy atom. The van der Waals surface area contributed by atoms with Crippen LogP contribution in [0.5, 0.6) is 0 Å². The zero-order valence-electron chi connectivity index (χ0n) is 17.4. The number of hydrogen-bond donors (Lipinski definition) is 0. The summed E-state index contributed by atoms with van der Waals surface area (Å²) < 4.78 is 0. The zero-order valence-corrected chi connectivity index (χ0v) is 17.4. The van der Waals surface area contributed by atoms with E-state index in [1.165, 1.54) is 24.0 Å². The molecule has 0 spiro atoms. The van der Waals surface area contributed by atoms with Crippen molar-refractivity contribution in [2.24, 2.45) is 10.8 Å². The largest absolute Gasteiger partial charge is 0.0601 e. The number of rotatable bonds is 4. The molecular weight excluding hydrogens is 276 g/mol. The van der Waals surface area contributed by atoms with Gasteiger partial charge < -0.3 is 0 Å². The average Bonchev–Trinajstić information content (AvgIpc) is 2.21. The fourth-order valence-electron chi connectivity index (χ4n) is 4.33. The van der Waals surface area contributed by atoms with Crippen molar-refractivity contribution in [3.05, 3.63) is 41.8 Å². The van der Waals surface area contributed by atoms with Crippen LogP contribution in [0.1, 0.15) is 98.8 Å². The maximum atomic E-state index is 4.26. The van der Waals surface area contributed by atoms with Crippen LogP contribution in [0.25, 0.3) is 0 Å². The SMILES string of the molecule is [CH2]c1cc(C(C)(C)CC(C)(C)C)cc(C(C)(C)CC(C)(C)C)c1. The van der Waals surface area contributed by atoms with Crippen molar-refractivity contribution in [1.29, 1.82) is 0 Å². The van der Waals surface area contributed by atoms with E-state index in [0.717, 1.165) is 5.56 Å². The topological polar surface area (TPSA) is 0 Å². The van der Waals surface area contributed by atoms with Gasteiger partial charge in [-0.1, -0.05) is 87.4 Å². The molecule has 0 N–H and O–H groups in total. The fourth-order valence-corrected chi connectivity index (χ4v) is 4.33. The molecule has 0 aliphatic carbocycles. The molecule has 0 fully saturated rings. The van der Waals surface area contributed by atoms with E-state index in [2.05, 4.69) is 94.4 Å². The Bertz CT molecular complexity index is 484. The molecule has 0 heterocycles. The van der Waals surface area contributed by atoms with Gasteiger partial charge in [0.2, 0.25) is 0 Å². The van der Waals surface area contributed by atoms with Crippen LogP contribution < -0.4 is 0 Å². The first-order valence-corrected chi connectivity index (χ1v) is 9.00. The normalized spacial score (nSPS) is 14.2. The molecule has 0 atom stereocenters. The third-order valence-electron chi connectivity index (χ3n) is 4.50. The van der Waals surface area contributed by atoms with Crippen molar-refractivity contribution in [3.63, 3.8) is 0 Å². The van der Waals surface area contributed by atoms with E-state index in [1.807, 2.05) is 0 Å². The molecule has 0 bridgehead atoms. The summed E-state index contributed by atoms with van der Waals surface area (Å²) in [5, 5.41) is 0. The van der Waals surface area contributed by atoms with Crippen LogP contribution >= 0.6 is 0 Å². The molecule has 1 aromatic rings. The second-order valence-corrected chi connectivity index (χ2v) is 11.2. The first-order valence-electron chi connectivity index (χ1n) is 9.00. The Hall–Kier alpha value is -0.780. The summed E-state index contributed by atoms with van der Waals surface area (Å²) in [7, 11) is 0. The summed E-state index contributed by atoms with van der Waals surface area (Å²) in [6, 6.07) is 7.00. The van der Waals surface area contributed by atoms with Crippen LogP contribution in [-0.4, -0.2) is 0 Å². The van der Waals surface area contributed by atoms with Crippen molar-refractivity contribution in [2.45, 2.75) is 92.9 Å². The van der Waals surface area contributed by atoms with Gasteiger partial charge in [-0.15, -0.1) is 0 Å². The quantitative estimate of drug-likeness (QED) is 0.547. The molecule has 1 aromatic carbocycles. The van der Waals surface area contributed by atoms with Gasteiger partial charge in [0.1, 0.15) is 0 Å². The Labute approximate surface area is 146 Å². The van der Waals surface area contributed by atoms with Crippen LogP contribution in [0.2, 0.25) is 0 Å². The van der Waals surface area contributed by atoms with Gasteiger partial charge in [-0.2, -0.15) is 0 Å². The number of benzene rings is 1. The van der Waals surface area contributed by atoms with Crippen LogP contribution in [0.3, 0.4) is 0 Å². The first-order chi connectivity index (χ1) is 10.0. The molecule has 0 saturated heterocycles. The molecule has 1 radical (unpaired) electrons. The lowest BCUT2D eigenvalue weighted by atomic mass is 9.68. The smallest absolute Gasteiger partial charge is 0.00984 e. The standard InChI is InChI=1S/C23H39/c1-17-12-18(22(8,9)15-20(2,3)4)14-19(13-17)23(10,11)16-21(5,6)7/h12-14H,1,15-16H2,2-11H3. The second kappa shape index (κ2) is 6.26. The molecule has 23 heavy (non-hydrogen) atoms. The van der Waals surface area contributed by atoms with Crippen LogP contribution in [-0.2, 0) is 10.8 Å². The van der Waals surface area contributed by atoms with Gasteiger partial charge in [0.05, 0.1) is 0 Å². The molecule has 131 valence electrons. The fraction of sp³-hybridized carbons (Fsp3) is 0.696. The highest BCUT2D eigenvalue weighted by atomic mass is 14.4. The van der Waals surface area contributed by atoms with Crippen molar-refractivity contribution in [1.82, 2.24) is 0 Å². The molecule has 0 nitrogen and oxygen atoms in total. The molecular formula is C23H39. The van der Waals surface area contributed by atoms with Gasteiger partial charge in [-0.25, -0.2) is 0 Å². The summed E-state index contributed by atoms with van der Waals surface area (Å²) in [5.41, 5.74) is 4.97. The maximum absolute atomic E-state index is 4.26. The minimum atomic E-state index is 0.165. The molecule has 0 amide bonds. The van der Waals surface area contributed by atoms with E-state index >= 15 is 0 Å². The Morgan fingerprint density at radius 2 is 0.913 bits per heavy atom. The van der Waals surface area contributed by atoms with Gasteiger partial charge in [-0.05, 0) is 58.1 Å². The average molecular weight is 316 g/mol. The minimum absolute atomic E-state index is 0.165. The van der Waals surface area contributed by atoms with E-state index in [1.54, 1.807) is 0 Å². The Morgan fingerprint density at radius 1 is 0.609 bits per heavy atom. The summed E-state index contributed by atoms with van der Waals surface area (Å²) in [6.07, 6.45) is 2.34. The molecule has 1 rings (SSSR count). The van der Waals surface area contributed by atoms with Crippen LogP contribution in [0.15, 0.2) is 18.2 Å². The Kier molecular flexibility index (Phi) is 5.52. The summed E-state index contributed by atoms with van der Waals surface area (Å²) >= 11 is 0. The summed E-state index contributed by atoms with van der Waals surface area (Å²) in [5.74, 6) is 0. The lowest BCUT2D eigenvalue weighted by molar-refractivity contribution is 0.278. The minimum Gasteiger partial charge on any atom is -0.0601 e. The highest BCUT2D eigenvalue weighted by molar-refractivity contribution is 5.39. The van der Waals surface area contributed by atoms with Gasteiger partial charge in [0.25, 0.3) is 0 Å². The maximum Gasteiger partial charge on any atom is -0.00984 e. The lowest BCUT2D eigenvalue weighted by Gasteiger charge is -2.36. The van der Waals surface area contributed by atoms with E-state index in [-0.39, 0.29) is 10.8 Å². The van der Waals surface area contributed by atoms with E-state index < -0.39 is 0 Å². The summed E-state index contributed by atoms with van der Waals surface area (Å²) in [6.45, 7) is 27.7. The highest BCUT2D eigenvalue weighted by Crippen LogP contribution is 2.41. The van der Waals surface area contributed by atoms with Crippen molar-refractivity contribution >= 4 is 0 Å². The zero-order chi connectivity index (χ0) is 18.3. The van der Waals surface area contributed by atoms with Crippen molar-refractivity contribution < 1.29 is 0 Å². The number of hydrogen-bond acceptors (Lipinski definition) is 0.